The lowest BCUT2D eigenvalue weighted by atomic mass is 10.3. The van der Waals surface area contributed by atoms with E-state index in [-0.39, 0.29) is 0 Å². The summed E-state index contributed by atoms with van der Waals surface area (Å²) in [4.78, 5) is 19.3. The molecule has 0 aliphatic rings. The van der Waals surface area contributed by atoms with Crippen LogP contribution in [0.5, 0.6) is 0 Å². The van der Waals surface area contributed by atoms with Gasteiger partial charge in [0.05, 0.1) is 0 Å². The average molecular weight is 159 g/mol. The molecule has 0 saturated carbocycles. The third-order valence-corrected chi connectivity index (χ3v) is 0.667. The van der Waals surface area contributed by atoms with Gasteiger partial charge in [0.15, 0.2) is 0 Å². The first-order valence-electron chi connectivity index (χ1n) is 2.84. The maximum absolute atomic E-state index is 9.82. The molecule has 0 fully saturated rings. The Labute approximate surface area is 65.4 Å². The summed E-state index contributed by atoms with van der Waals surface area (Å²) >= 11 is 0. The van der Waals surface area contributed by atoms with Gasteiger partial charge in [0.1, 0.15) is 0 Å². The lowest BCUT2D eigenvalue weighted by molar-refractivity contribution is -0.114. The number of carbonyl (C=O) groups is 2. The van der Waals surface area contributed by atoms with Gasteiger partial charge in [0.2, 0.25) is 5.91 Å². The molecule has 0 aliphatic heterocycles. The van der Waals surface area contributed by atoms with E-state index in [0.717, 1.165) is 0 Å². The molecule has 5 heteroatoms. The standard InChI is InChI=1S/C4H7NO.C2H6N2O/c1-3(2)4(5)6;1-4-2(3)5/h1H2,2H3,(H2,5,6);1H3,(H3,3,4,5). The number of carbonyl (C=O) groups excluding carboxylic acids is 2. The second kappa shape index (κ2) is 6.60. The summed E-state index contributed by atoms with van der Waals surface area (Å²) in [6.45, 7) is 4.85. The maximum atomic E-state index is 9.82. The third-order valence-electron chi connectivity index (χ3n) is 0.667. The lowest BCUT2D eigenvalue weighted by Gasteiger charge is -1.81. The number of hydrogen-bond donors (Lipinski definition) is 3. The molecule has 64 valence electrons. The largest absolute Gasteiger partial charge is 0.366 e. The zero-order chi connectivity index (χ0) is 9.44. The van der Waals surface area contributed by atoms with Gasteiger partial charge in [-0.1, -0.05) is 6.58 Å². The van der Waals surface area contributed by atoms with Crippen LogP contribution in [-0.2, 0) is 4.79 Å². The highest BCUT2D eigenvalue weighted by Gasteiger charge is 1.86. The van der Waals surface area contributed by atoms with Crippen LogP contribution in [0.15, 0.2) is 12.2 Å². The number of amides is 3. The molecule has 5 N–H and O–H groups in total. The van der Waals surface area contributed by atoms with Gasteiger partial charge in [0, 0.05) is 12.6 Å². The van der Waals surface area contributed by atoms with Crippen molar-refractivity contribution >= 4 is 11.9 Å². The first-order valence-corrected chi connectivity index (χ1v) is 2.84. The van der Waals surface area contributed by atoms with Crippen molar-refractivity contribution in [1.82, 2.24) is 5.32 Å². The molecule has 0 aliphatic carbocycles. The van der Waals surface area contributed by atoms with Gasteiger partial charge in [-0.15, -0.1) is 0 Å². The van der Waals surface area contributed by atoms with Crippen molar-refractivity contribution in [3.8, 4) is 0 Å². The molecule has 0 aromatic carbocycles. The fourth-order valence-corrected chi connectivity index (χ4v) is 0. The van der Waals surface area contributed by atoms with Crippen molar-refractivity contribution in [3.05, 3.63) is 12.2 Å². The van der Waals surface area contributed by atoms with E-state index in [1.807, 2.05) is 0 Å². The van der Waals surface area contributed by atoms with Crippen molar-refractivity contribution in [2.75, 3.05) is 7.05 Å². The molecule has 0 rings (SSSR count). The first kappa shape index (κ1) is 12.2. The molecule has 3 amide bonds. The number of hydrogen-bond acceptors (Lipinski definition) is 2. The monoisotopic (exact) mass is 159 g/mol. The van der Waals surface area contributed by atoms with Gasteiger partial charge in [-0.25, -0.2) is 4.79 Å². The van der Waals surface area contributed by atoms with Crippen LogP contribution < -0.4 is 16.8 Å². The van der Waals surface area contributed by atoms with E-state index < -0.39 is 11.9 Å². The number of primary amides is 2. The van der Waals surface area contributed by atoms with Gasteiger partial charge in [-0.2, -0.15) is 0 Å². The van der Waals surface area contributed by atoms with Gasteiger partial charge in [0.25, 0.3) is 0 Å². The van der Waals surface area contributed by atoms with E-state index in [1.165, 1.54) is 7.05 Å². The number of rotatable bonds is 1. The quantitative estimate of drug-likeness (QED) is 0.442. The molecule has 0 aromatic rings. The van der Waals surface area contributed by atoms with Gasteiger partial charge in [-0.3, -0.25) is 4.79 Å². The molecule has 0 aromatic heterocycles. The van der Waals surface area contributed by atoms with Gasteiger partial charge < -0.3 is 16.8 Å². The summed E-state index contributed by atoms with van der Waals surface area (Å²) in [6, 6.07) is -0.495. The maximum Gasteiger partial charge on any atom is 0.311 e. The predicted octanol–water partition coefficient (Wildman–Crippen LogP) is -0.668. The van der Waals surface area contributed by atoms with Crippen LogP contribution in [0.25, 0.3) is 0 Å². The second-order valence-electron chi connectivity index (χ2n) is 1.76. The van der Waals surface area contributed by atoms with Crippen LogP contribution >= 0.6 is 0 Å². The molecule has 0 radical (unpaired) electrons. The normalized spacial score (nSPS) is 7.09. The Balaban J connectivity index is 0. The molecular weight excluding hydrogens is 146 g/mol. The van der Waals surface area contributed by atoms with Crippen molar-refractivity contribution < 1.29 is 9.59 Å². The first-order chi connectivity index (χ1) is 4.91. The summed E-state index contributed by atoms with van der Waals surface area (Å²) in [6.07, 6.45) is 0. The SMILES string of the molecule is C=C(C)C(N)=O.CNC(N)=O. The van der Waals surface area contributed by atoms with Crippen molar-refractivity contribution in [2.24, 2.45) is 11.5 Å². The Morgan fingerprint density at radius 1 is 1.36 bits per heavy atom. The summed E-state index contributed by atoms with van der Waals surface area (Å²) < 4.78 is 0. The van der Waals surface area contributed by atoms with E-state index in [4.69, 9.17) is 5.73 Å². The van der Waals surface area contributed by atoms with E-state index >= 15 is 0 Å². The van der Waals surface area contributed by atoms with Crippen LogP contribution in [0.2, 0.25) is 0 Å². The zero-order valence-corrected chi connectivity index (χ0v) is 6.68. The average Bonchev–Trinajstić information content (AvgIpc) is 1.89. The molecule has 0 unspecified atom stereocenters. The lowest BCUT2D eigenvalue weighted by Crippen LogP contribution is -2.24. The highest BCUT2D eigenvalue weighted by Crippen LogP contribution is 1.78. The molecule has 0 saturated heterocycles. The summed E-state index contributed by atoms with van der Waals surface area (Å²) in [5.74, 6) is -0.435. The van der Waals surface area contributed by atoms with Crippen molar-refractivity contribution in [1.29, 1.82) is 0 Å². The Hall–Kier alpha value is -1.52. The number of nitrogens with one attached hydrogen (secondary N) is 1. The predicted molar refractivity (Wildman–Crippen MR) is 42.7 cm³/mol. The molecule has 0 bridgehead atoms. The Morgan fingerprint density at radius 2 is 1.55 bits per heavy atom. The highest BCUT2D eigenvalue weighted by molar-refractivity contribution is 5.90. The van der Waals surface area contributed by atoms with Crippen LogP contribution in [0.3, 0.4) is 0 Å². The Kier molecular flexibility index (Phi) is 7.31. The third kappa shape index (κ3) is 17.7. The van der Waals surface area contributed by atoms with E-state index in [0.29, 0.717) is 5.57 Å². The summed E-state index contributed by atoms with van der Waals surface area (Å²) in [5, 5.41) is 2.17. The topological polar surface area (TPSA) is 98.2 Å². The number of nitrogens with two attached hydrogens (primary N) is 2. The highest BCUT2D eigenvalue weighted by atomic mass is 16.2. The summed E-state index contributed by atoms with van der Waals surface area (Å²) in [5.41, 5.74) is 9.64. The van der Waals surface area contributed by atoms with E-state index in [1.54, 1.807) is 6.92 Å². The van der Waals surface area contributed by atoms with Gasteiger partial charge >= 0.3 is 6.03 Å². The molecular formula is C6H13N3O2. The molecule has 0 heterocycles. The Morgan fingerprint density at radius 3 is 1.55 bits per heavy atom. The fourth-order valence-electron chi connectivity index (χ4n) is 0. The number of urea groups is 1. The molecule has 0 atom stereocenters. The second-order valence-corrected chi connectivity index (χ2v) is 1.76. The minimum Gasteiger partial charge on any atom is -0.366 e. The van der Waals surface area contributed by atoms with Crippen LogP contribution in [-0.4, -0.2) is 19.0 Å². The van der Waals surface area contributed by atoms with Gasteiger partial charge in [-0.05, 0) is 6.92 Å². The van der Waals surface area contributed by atoms with Crippen LogP contribution in [0, 0.1) is 0 Å². The Bertz CT molecular complexity index is 153. The van der Waals surface area contributed by atoms with E-state index in [9.17, 15) is 9.59 Å². The summed E-state index contributed by atoms with van der Waals surface area (Å²) in [7, 11) is 1.47. The molecule has 5 nitrogen and oxygen atoms in total. The molecule has 0 spiro atoms. The van der Waals surface area contributed by atoms with Crippen molar-refractivity contribution in [3.63, 3.8) is 0 Å². The minimum absolute atomic E-state index is 0.398. The van der Waals surface area contributed by atoms with Crippen molar-refractivity contribution in [2.45, 2.75) is 6.92 Å². The zero-order valence-electron chi connectivity index (χ0n) is 6.68. The van der Waals surface area contributed by atoms with Crippen LogP contribution in [0.1, 0.15) is 6.92 Å². The minimum atomic E-state index is -0.495. The fraction of sp³-hybridized carbons (Fsp3) is 0.333. The smallest absolute Gasteiger partial charge is 0.311 e. The molecule has 11 heavy (non-hydrogen) atoms. The van der Waals surface area contributed by atoms with E-state index in [2.05, 4.69) is 17.6 Å². The van der Waals surface area contributed by atoms with Crippen LogP contribution in [0.4, 0.5) is 4.79 Å².